The highest BCUT2D eigenvalue weighted by atomic mass is 35.5. The van der Waals surface area contributed by atoms with Crippen LogP contribution in [0.3, 0.4) is 0 Å². The van der Waals surface area contributed by atoms with Crippen LogP contribution >= 0.6 is 11.6 Å². The van der Waals surface area contributed by atoms with Crippen LogP contribution in [0.5, 0.6) is 0 Å². The van der Waals surface area contributed by atoms with Crippen molar-refractivity contribution in [2.24, 2.45) is 17.3 Å². The van der Waals surface area contributed by atoms with Crippen LogP contribution in [0.4, 0.5) is 13.2 Å². The van der Waals surface area contributed by atoms with Crippen molar-refractivity contribution < 1.29 is 27.5 Å². The molecule has 0 aromatic carbocycles. The standard InChI is InChI=1S/C17H25ClF3NO3/c1-10(2)16(14(18)23)6-4-12(8-16)22(15(24)17(19,20)21)13-5-7-25-9-11(13)3/h10-13H,4-9H2,1-3H3/t11-,12-,13?,16+/m1/s1. The lowest BCUT2D eigenvalue weighted by atomic mass is 9.76. The predicted molar refractivity (Wildman–Crippen MR) is 87.1 cm³/mol. The van der Waals surface area contributed by atoms with Crippen LogP contribution < -0.4 is 0 Å². The van der Waals surface area contributed by atoms with Gasteiger partial charge in [-0.25, -0.2) is 0 Å². The molecule has 1 amide bonds. The van der Waals surface area contributed by atoms with Crippen molar-refractivity contribution >= 4 is 22.8 Å². The average molecular weight is 384 g/mol. The highest BCUT2D eigenvalue weighted by Gasteiger charge is 2.54. The molecular formula is C17H25ClF3NO3. The third kappa shape index (κ3) is 3.97. The minimum atomic E-state index is -4.94. The normalized spacial score (nSPS) is 33.5. The summed E-state index contributed by atoms with van der Waals surface area (Å²) < 4.78 is 45.0. The van der Waals surface area contributed by atoms with E-state index in [1.54, 1.807) is 6.92 Å². The Hall–Kier alpha value is -0.820. The molecule has 0 aromatic rings. The first-order chi connectivity index (χ1) is 11.5. The fourth-order valence-electron chi connectivity index (χ4n) is 4.23. The minimum Gasteiger partial charge on any atom is -0.381 e. The first kappa shape index (κ1) is 20.5. The zero-order chi connectivity index (χ0) is 19.0. The average Bonchev–Trinajstić information content (AvgIpc) is 2.95. The van der Waals surface area contributed by atoms with Crippen molar-refractivity contribution in [3.63, 3.8) is 0 Å². The molecule has 8 heteroatoms. The molecule has 2 aliphatic rings. The lowest BCUT2D eigenvalue weighted by Gasteiger charge is -2.42. The number of ether oxygens (including phenoxy) is 1. The van der Waals surface area contributed by atoms with E-state index in [1.807, 2.05) is 13.8 Å². The molecular weight excluding hydrogens is 359 g/mol. The Morgan fingerprint density at radius 3 is 2.36 bits per heavy atom. The van der Waals surface area contributed by atoms with E-state index in [0.29, 0.717) is 32.5 Å². The summed E-state index contributed by atoms with van der Waals surface area (Å²) in [5.41, 5.74) is -0.870. The minimum absolute atomic E-state index is 0.0996. The fourth-order valence-corrected chi connectivity index (χ4v) is 4.62. The summed E-state index contributed by atoms with van der Waals surface area (Å²) in [5, 5.41) is -0.524. The number of amides is 1. The molecule has 1 saturated carbocycles. The summed E-state index contributed by atoms with van der Waals surface area (Å²) in [7, 11) is 0. The van der Waals surface area contributed by atoms with Crippen LogP contribution in [0.2, 0.25) is 0 Å². The Bertz CT molecular complexity index is 526. The molecule has 1 unspecified atom stereocenters. The van der Waals surface area contributed by atoms with Gasteiger partial charge in [0.25, 0.3) is 0 Å². The molecule has 4 atom stereocenters. The SMILES string of the molecule is CC(C)[C@]1(C(=O)Cl)CC[C@@H](N(C(=O)C(F)(F)F)C2CCOC[C@H]2C)C1. The van der Waals surface area contributed by atoms with Gasteiger partial charge in [0.05, 0.1) is 6.61 Å². The van der Waals surface area contributed by atoms with E-state index in [-0.39, 0.29) is 18.3 Å². The van der Waals surface area contributed by atoms with Gasteiger partial charge in [-0.15, -0.1) is 0 Å². The van der Waals surface area contributed by atoms with Crippen LogP contribution in [0.1, 0.15) is 46.5 Å². The monoisotopic (exact) mass is 383 g/mol. The second-order valence-electron chi connectivity index (χ2n) is 7.60. The van der Waals surface area contributed by atoms with Gasteiger partial charge < -0.3 is 9.64 Å². The number of carbonyl (C=O) groups is 2. The molecule has 0 N–H and O–H groups in total. The van der Waals surface area contributed by atoms with Gasteiger partial charge in [0.15, 0.2) is 0 Å². The van der Waals surface area contributed by atoms with Gasteiger partial charge in [-0.1, -0.05) is 20.8 Å². The third-order valence-electron chi connectivity index (χ3n) is 5.84. The Morgan fingerprint density at radius 2 is 1.92 bits per heavy atom. The Morgan fingerprint density at radius 1 is 1.28 bits per heavy atom. The molecule has 2 fully saturated rings. The molecule has 4 nitrogen and oxygen atoms in total. The molecule has 1 saturated heterocycles. The first-order valence-corrected chi connectivity index (χ1v) is 9.05. The summed E-state index contributed by atoms with van der Waals surface area (Å²) in [6, 6.07) is -1.17. The summed E-state index contributed by atoms with van der Waals surface area (Å²) in [6.45, 7) is 6.12. The maximum Gasteiger partial charge on any atom is 0.471 e. The summed E-state index contributed by atoms with van der Waals surface area (Å²) in [4.78, 5) is 25.2. The molecule has 0 bridgehead atoms. The van der Waals surface area contributed by atoms with E-state index in [0.717, 1.165) is 4.90 Å². The molecule has 25 heavy (non-hydrogen) atoms. The summed E-state index contributed by atoms with van der Waals surface area (Å²) >= 11 is 5.81. The van der Waals surface area contributed by atoms with Gasteiger partial charge in [0.2, 0.25) is 5.24 Å². The lowest BCUT2D eigenvalue weighted by molar-refractivity contribution is -0.194. The lowest BCUT2D eigenvalue weighted by Crippen LogP contribution is -2.56. The summed E-state index contributed by atoms with van der Waals surface area (Å²) in [6.07, 6.45) is -3.65. The van der Waals surface area contributed by atoms with E-state index in [1.165, 1.54) is 0 Å². The number of carbonyl (C=O) groups excluding carboxylic acids is 2. The predicted octanol–water partition coefficient (Wildman–Crippen LogP) is 3.76. The van der Waals surface area contributed by atoms with Crippen LogP contribution in [-0.4, -0.2) is 47.5 Å². The number of halogens is 4. The number of nitrogens with zero attached hydrogens (tertiary/aromatic N) is 1. The molecule has 1 heterocycles. The van der Waals surface area contributed by atoms with Gasteiger partial charge >= 0.3 is 12.1 Å². The number of hydrogen-bond acceptors (Lipinski definition) is 3. The summed E-state index contributed by atoms with van der Waals surface area (Å²) in [5.74, 6) is -2.11. The smallest absolute Gasteiger partial charge is 0.381 e. The molecule has 144 valence electrons. The Kier molecular flexibility index (Phi) is 6.09. The van der Waals surface area contributed by atoms with Gasteiger partial charge in [-0.3, -0.25) is 9.59 Å². The zero-order valence-corrected chi connectivity index (χ0v) is 15.5. The molecule has 0 aromatic heterocycles. The van der Waals surface area contributed by atoms with Gasteiger partial charge in [-0.05, 0) is 43.2 Å². The first-order valence-electron chi connectivity index (χ1n) is 8.68. The van der Waals surface area contributed by atoms with Crippen molar-refractivity contribution in [1.29, 1.82) is 0 Å². The van der Waals surface area contributed by atoms with Crippen LogP contribution in [0.15, 0.2) is 0 Å². The molecule has 0 spiro atoms. The Balaban J connectivity index is 2.33. The van der Waals surface area contributed by atoms with Crippen molar-refractivity contribution in [2.45, 2.75) is 64.7 Å². The van der Waals surface area contributed by atoms with Crippen LogP contribution in [-0.2, 0) is 14.3 Å². The van der Waals surface area contributed by atoms with E-state index < -0.39 is 34.8 Å². The quantitative estimate of drug-likeness (QED) is 0.694. The Labute approximate surface area is 151 Å². The van der Waals surface area contributed by atoms with Crippen molar-refractivity contribution in [2.75, 3.05) is 13.2 Å². The molecule has 1 aliphatic carbocycles. The van der Waals surface area contributed by atoms with Gasteiger partial charge in [-0.2, -0.15) is 13.2 Å². The molecule has 1 aliphatic heterocycles. The van der Waals surface area contributed by atoms with Crippen molar-refractivity contribution in [3.8, 4) is 0 Å². The second kappa shape index (κ2) is 7.43. The topological polar surface area (TPSA) is 46.6 Å². The highest BCUT2D eigenvalue weighted by molar-refractivity contribution is 6.64. The fraction of sp³-hybridized carbons (Fsp3) is 0.882. The van der Waals surface area contributed by atoms with Crippen LogP contribution in [0, 0.1) is 17.3 Å². The zero-order valence-electron chi connectivity index (χ0n) is 14.7. The maximum atomic E-state index is 13.2. The van der Waals surface area contributed by atoms with E-state index >= 15 is 0 Å². The number of alkyl halides is 3. The molecule has 2 rings (SSSR count). The largest absolute Gasteiger partial charge is 0.471 e. The van der Waals surface area contributed by atoms with Crippen LogP contribution in [0.25, 0.3) is 0 Å². The second-order valence-corrected chi connectivity index (χ2v) is 7.94. The van der Waals surface area contributed by atoms with Gasteiger partial charge in [0.1, 0.15) is 0 Å². The number of rotatable bonds is 4. The highest BCUT2D eigenvalue weighted by Crippen LogP contribution is 2.49. The van der Waals surface area contributed by atoms with E-state index in [9.17, 15) is 22.8 Å². The third-order valence-corrected chi connectivity index (χ3v) is 6.22. The van der Waals surface area contributed by atoms with E-state index in [4.69, 9.17) is 16.3 Å². The van der Waals surface area contributed by atoms with E-state index in [2.05, 4.69) is 0 Å². The van der Waals surface area contributed by atoms with Crippen molar-refractivity contribution in [1.82, 2.24) is 4.90 Å². The van der Waals surface area contributed by atoms with Gasteiger partial charge in [0, 0.05) is 30.0 Å². The number of hydrogen-bond donors (Lipinski definition) is 0. The maximum absolute atomic E-state index is 13.2. The van der Waals surface area contributed by atoms with Crippen molar-refractivity contribution in [3.05, 3.63) is 0 Å². The molecule has 0 radical (unpaired) electrons.